The number of anilines is 1. The van der Waals surface area contributed by atoms with Crippen LogP contribution in [0.25, 0.3) is 0 Å². The van der Waals surface area contributed by atoms with E-state index in [9.17, 15) is 10.1 Å². The molecular formula is C13H21N3O2. The zero-order valence-corrected chi connectivity index (χ0v) is 11.1. The van der Waals surface area contributed by atoms with Gasteiger partial charge in [-0.25, -0.2) is 0 Å². The van der Waals surface area contributed by atoms with Gasteiger partial charge in [0.15, 0.2) is 0 Å². The Bertz CT molecular complexity index is 401. The summed E-state index contributed by atoms with van der Waals surface area (Å²) >= 11 is 0. The van der Waals surface area contributed by atoms with E-state index < -0.39 is 4.92 Å². The van der Waals surface area contributed by atoms with Crippen molar-refractivity contribution in [2.75, 3.05) is 18.8 Å². The van der Waals surface area contributed by atoms with E-state index in [1.54, 1.807) is 12.1 Å². The van der Waals surface area contributed by atoms with Crippen molar-refractivity contribution < 1.29 is 4.92 Å². The van der Waals surface area contributed by atoms with E-state index in [0.717, 1.165) is 38.0 Å². The minimum absolute atomic E-state index is 0.0173. The quantitative estimate of drug-likeness (QED) is 0.459. The molecule has 0 spiro atoms. The second-order valence-electron chi connectivity index (χ2n) is 4.43. The Labute approximate surface area is 108 Å². The van der Waals surface area contributed by atoms with Gasteiger partial charge in [0.2, 0.25) is 0 Å². The van der Waals surface area contributed by atoms with E-state index in [2.05, 4.69) is 18.7 Å². The summed E-state index contributed by atoms with van der Waals surface area (Å²) in [6, 6.07) is 4.98. The normalized spacial score (nSPS) is 10.8. The van der Waals surface area contributed by atoms with Crippen molar-refractivity contribution in [3.05, 3.63) is 33.9 Å². The second kappa shape index (κ2) is 6.96. The maximum Gasteiger partial charge on any atom is 0.292 e. The number of hydrogen-bond donors (Lipinski definition) is 1. The van der Waals surface area contributed by atoms with E-state index in [1.807, 2.05) is 0 Å². The Morgan fingerprint density at radius 2 is 1.89 bits per heavy atom. The number of nitrogen functional groups attached to an aromatic ring is 1. The van der Waals surface area contributed by atoms with E-state index >= 15 is 0 Å². The Balaban J connectivity index is 2.77. The summed E-state index contributed by atoms with van der Waals surface area (Å²) in [6.45, 7) is 7.15. The molecule has 5 heteroatoms. The third-order valence-corrected chi connectivity index (χ3v) is 2.77. The van der Waals surface area contributed by atoms with Gasteiger partial charge >= 0.3 is 0 Å². The lowest BCUT2D eigenvalue weighted by Gasteiger charge is -2.21. The summed E-state index contributed by atoms with van der Waals surface area (Å²) in [5, 5.41) is 10.7. The van der Waals surface area contributed by atoms with Crippen molar-refractivity contribution in [2.24, 2.45) is 0 Å². The predicted octanol–water partition coefficient (Wildman–Crippen LogP) is 2.80. The van der Waals surface area contributed by atoms with Crippen molar-refractivity contribution in [3.8, 4) is 0 Å². The summed E-state index contributed by atoms with van der Waals surface area (Å²) in [4.78, 5) is 12.6. The monoisotopic (exact) mass is 251 g/mol. The van der Waals surface area contributed by atoms with Gasteiger partial charge in [0.25, 0.3) is 5.69 Å². The van der Waals surface area contributed by atoms with Crippen LogP contribution in [0.3, 0.4) is 0 Å². The van der Waals surface area contributed by atoms with Crippen LogP contribution in [0.2, 0.25) is 0 Å². The third kappa shape index (κ3) is 4.00. The van der Waals surface area contributed by atoms with Crippen LogP contribution >= 0.6 is 0 Å². The van der Waals surface area contributed by atoms with Gasteiger partial charge in [-0.1, -0.05) is 19.9 Å². The fourth-order valence-electron chi connectivity index (χ4n) is 2.03. The van der Waals surface area contributed by atoms with Crippen molar-refractivity contribution in [3.63, 3.8) is 0 Å². The van der Waals surface area contributed by atoms with Crippen molar-refractivity contribution in [1.82, 2.24) is 4.90 Å². The standard InChI is InChI=1S/C13H21N3O2/c1-3-7-15(8-4-2)10-11-5-6-13(16(17)18)12(14)9-11/h5-6,9H,3-4,7-8,10,14H2,1-2H3. The van der Waals surface area contributed by atoms with Gasteiger partial charge in [0.05, 0.1) is 4.92 Å². The molecule has 18 heavy (non-hydrogen) atoms. The highest BCUT2D eigenvalue weighted by atomic mass is 16.6. The topological polar surface area (TPSA) is 72.4 Å². The highest BCUT2D eigenvalue weighted by Gasteiger charge is 2.12. The van der Waals surface area contributed by atoms with Gasteiger partial charge in [-0.05, 0) is 37.6 Å². The summed E-state index contributed by atoms with van der Waals surface area (Å²) in [5.74, 6) is 0. The Hall–Kier alpha value is -1.62. The molecular weight excluding hydrogens is 230 g/mol. The number of nitro benzene ring substituents is 1. The molecule has 0 atom stereocenters. The first-order valence-electron chi connectivity index (χ1n) is 6.33. The van der Waals surface area contributed by atoms with Crippen molar-refractivity contribution in [2.45, 2.75) is 33.2 Å². The van der Waals surface area contributed by atoms with Crippen LogP contribution < -0.4 is 5.73 Å². The smallest absolute Gasteiger partial charge is 0.292 e. The van der Waals surface area contributed by atoms with Crippen LogP contribution in [-0.4, -0.2) is 22.9 Å². The molecule has 1 aromatic carbocycles. The van der Waals surface area contributed by atoms with Crippen LogP contribution in [0, 0.1) is 10.1 Å². The maximum absolute atomic E-state index is 10.7. The van der Waals surface area contributed by atoms with Crippen LogP contribution in [0.1, 0.15) is 32.3 Å². The maximum atomic E-state index is 10.7. The molecule has 0 aliphatic carbocycles. The molecule has 100 valence electrons. The van der Waals surface area contributed by atoms with Gasteiger partial charge < -0.3 is 5.73 Å². The SMILES string of the molecule is CCCN(CCC)Cc1ccc([N+](=O)[O-])c(N)c1. The van der Waals surface area contributed by atoms with Gasteiger partial charge in [-0.3, -0.25) is 15.0 Å². The minimum atomic E-state index is -0.449. The number of nitrogens with zero attached hydrogens (tertiary/aromatic N) is 2. The third-order valence-electron chi connectivity index (χ3n) is 2.77. The molecule has 0 fully saturated rings. The first-order valence-corrected chi connectivity index (χ1v) is 6.33. The molecule has 1 aromatic rings. The number of nitrogens with two attached hydrogens (primary N) is 1. The average molecular weight is 251 g/mol. The lowest BCUT2D eigenvalue weighted by atomic mass is 10.1. The molecule has 0 aliphatic rings. The lowest BCUT2D eigenvalue weighted by Crippen LogP contribution is -2.24. The highest BCUT2D eigenvalue weighted by Crippen LogP contribution is 2.22. The number of benzene rings is 1. The Kier molecular flexibility index (Phi) is 5.58. The van der Waals surface area contributed by atoms with Crippen molar-refractivity contribution >= 4 is 11.4 Å². The van der Waals surface area contributed by atoms with E-state index in [4.69, 9.17) is 5.73 Å². The van der Waals surface area contributed by atoms with E-state index in [1.165, 1.54) is 6.07 Å². The molecule has 5 nitrogen and oxygen atoms in total. The molecule has 1 rings (SSSR count). The van der Waals surface area contributed by atoms with E-state index in [-0.39, 0.29) is 11.4 Å². The predicted molar refractivity (Wildman–Crippen MR) is 73.4 cm³/mol. The number of nitro groups is 1. The van der Waals surface area contributed by atoms with Crippen LogP contribution in [0.4, 0.5) is 11.4 Å². The largest absolute Gasteiger partial charge is 0.393 e. The first-order chi connectivity index (χ1) is 8.58. The summed E-state index contributed by atoms with van der Waals surface area (Å²) in [6.07, 6.45) is 2.20. The molecule has 0 aromatic heterocycles. The second-order valence-corrected chi connectivity index (χ2v) is 4.43. The number of rotatable bonds is 7. The zero-order chi connectivity index (χ0) is 13.5. The average Bonchev–Trinajstić information content (AvgIpc) is 2.29. The van der Waals surface area contributed by atoms with Gasteiger partial charge in [0, 0.05) is 12.6 Å². The minimum Gasteiger partial charge on any atom is -0.393 e. The van der Waals surface area contributed by atoms with Crippen molar-refractivity contribution in [1.29, 1.82) is 0 Å². The summed E-state index contributed by atoms with van der Waals surface area (Å²) in [5.41, 5.74) is 6.94. The molecule has 0 saturated heterocycles. The first kappa shape index (κ1) is 14.4. The Morgan fingerprint density at radius 1 is 1.28 bits per heavy atom. The lowest BCUT2D eigenvalue weighted by molar-refractivity contribution is -0.383. The molecule has 0 unspecified atom stereocenters. The molecule has 0 radical (unpaired) electrons. The summed E-state index contributed by atoms with van der Waals surface area (Å²) in [7, 11) is 0. The molecule has 2 N–H and O–H groups in total. The molecule has 0 heterocycles. The number of hydrogen-bond acceptors (Lipinski definition) is 4. The van der Waals surface area contributed by atoms with Crippen LogP contribution in [-0.2, 0) is 6.54 Å². The Morgan fingerprint density at radius 3 is 2.33 bits per heavy atom. The van der Waals surface area contributed by atoms with E-state index in [0.29, 0.717) is 0 Å². The fraction of sp³-hybridized carbons (Fsp3) is 0.538. The molecule has 0 aliphatic heterocycles. The highest BCUT2D eigenvalue weighted by molar-refractivity contribution is 5.59. The van der Waals surface area contributed by atoms with Gasteiger partial charge in [-0.15, -0.1) is 0 Å². The van der Waals surface area contributed by atoms with Gasteiger partial charge in [-0.2, -0.15) is 0 Å². The van der Waals surface area contributed by atoms with Crippen LogP contribution in [0.5, 0.6) is 0 Å². The molecule has 0 bridgehead atoms. The zero-order valence-electron chi connectivity index (χ0n) is 11.1. The molecule has 0 amide bonds. The van der Waals surface area contributed by atoms with Crippen LogP contribution in [0.15, 0.2) is 18.2 Å². The fourth-order valence-corrected chi connectivity index (χ4v) is 2.03. The van der Waals surface area contributed by atoms with Gasteiger partial charge in [0.1, 0.15) is 5.69 Å². The summed E-state index contributed by atoms with van der Waals surface area (Å²) < 4.78 is 0. The molecule has 0 saturated carbocycles.